The van der Waals surface area contributed by atoms with Crippen molar-refractivity contribution in [1.82, 2.24) is 9.80 Å². The quantitative estimate of drug-likeness (QED) is 0.862. The molecule has 0 aromatic heterocycles. The summed E-state index contributed by atoms with van der Waals surface area (Å²) in [6, 6.07) is 12.2. The van der Waals surface area contributed by atoms with E-state index in [2.05, 4.69) is 4.90 Å². The number of halogens is 2. The summed E-state index contributed by atoms with van der Waals surface area (Å²) >= 11 is 0. The van der Waals surface area contributed by atoms with Gasteiger partial charge in [0.15, 0.2) is 0 Å². The summed E-state index contributed by atoms with van der Waals surface area (Å²) in [5.41, 5.74) is 1.58. The van der Waals surface area contributed by atoms with Crippen LogP contribution in [0.4, 0.5) is 8.78 Å². The lowest BCUT2D eigenvalue weighted by molar-refractivity contribution is 0.0761. The van der Waals surface area contributed by atoms with Crippen molar-refractivity contribution in [1.29, 1.82) is 0 Å². The van der Waals surface area contributed by atoms with Crippen LogP contribution in [-0.4, -0.2) is 41.9 Å². The number of benzene rings is 2. The van der Waals surface area contributed by atoms with Crippen molar-refractivity contribution in [3.8, 4) is 0 Å². The van der Waals surface area contributed by atoms with Crippen molar-refractivity contribution in [2.45, 2.75) is 13.0 Å². The Hall–Kier alpha value is -2.27. The molecule has 2 aromatic carbocycles. The van der Waals surface area contributed by atoms with E-state index < -0.39 is 0 Å². The highest BCUT2D eigenvalue weighted by molar-refractivity contribution is 5.94. The fourth-order valence-electron chi connectivity index (χ4n) is 2.96. The zero-order chi connectivity index (χ0) is 16.9. The van der Waals surface area contributed by atoms with Crippen molar-refractivity contribution >= 4 is 5.91 Å². The van der Waals surface area contributed by atoms with E-state index in [4.69, 9.17) is 0 Å². The summed E-state index contributed by atoms with van der Waals surface area (Å²) in [5.74, 6) is -0.628. The van der Waals surface area contributed by atoms with Gasteiger partial charge in [-0.3, -0.25) is 9.69 Å². The normalized spacial score (nSPS) is 16.0. The van der Waals surface area contributed by atoms with Crippen molar-refractivity contribution < 1.29 is 13.6 Å². The Morgan fingerprint density at radius 2 is 1.46 bits per heavy atom. The number of rotatable bonds is 3. The van der Waals surface area contributed by atoms with Crippen molar-refractivity contribution in [3.05, 3.63) is 71.3 Å². The summed E-state index contributed by atoms with van der Waals surface area (Å²) in [6.45, 7) is 3.74. The summed E-state index contributed by atoms with van der Waals surface area (Å²) in [6.07, 6.45) is 0.883. The van der Waals surface area contributed by atoms with Gasteiger partial charge in [0.05, 0.1) is 0 Å². The van der Waals surface area contributed by atoms with Crippen LogP contribution in [0.25, 0.3) is 0 Å². The second-order valence-electron chi connectivity index (χ2n) is 6.06. The number of hydrogen-bond donors (Lipinski definition) is 0. The van der Waals surface area contributed by atoms with Gasteiger partial charge >= 0.3 is 0 Å². The molecule has 1 amide bonds. The summed E-state index contributed by atoms with van der Waals surface area (Å²) in [7, 11) is 0. The molecule has 24 heavy (non-hydrogen) atoms. The number of carbonyl (C=O) groups is 1. The molecule has 126 valence electrons. The van der Waals surface area contributed by atoms with Crippen LogP contribution in [0.15, 0.2) is 48.5 Å². The monoisotopic (exact) mass is 330 g/mol. The largest absolute Gasteiger partial charge is 0.337 e. The molecule has 5 heteroatoms. The molecule has 0 bridgehead atoms. The van der Waals surface area contributed by atoms with Crippen LogP contribution in [-0.2, 0) is 6.54 Å². The van der Waals surface area contributed by atoms with Gasteiger partial charge in [0, 0.05) is 38.3 Å². The SMILES string of the molecule is O=C(c1ccc(F)cc1)N1CCCN(Cc2ccc(F)cc2)CC1. The summed E-state index contributed by atoms with van der Waals surface area (Å²) in [5, 5.41) is 0. The van der Waals surface area contributed by atoms with E-state index in [1.165, 1.54) is 36.4 Å². The number of carbonyl (C=O) groups excluding carboxylic acids is 1. The smallest absolute Gasteiger partial charge is 0.253 e. The van der Waals surface area contributed by atoms with Gasteiger partial charge in [0.2, 0.25) is 0 Å². The van der Waals surface area contributed by atoms with Crippen LogP contribution in [0.5, 0.6) is 0 Å². The Morgan fingerprint density at radius 3 is 2.12 bits per heavy atom. The van der Waals surface area contributed by atoms with Gasteiger partial charge in [0.1, 0.15) is 11.6 Å². The third kappa shape index (κ3) is 4.17. The van der Waals surface area contributed by atoms with Gasteiger partial charge in [-0.2, -0.15) is 0 Å². The van der Waals surface area contributed by atoms with Gasteiger partial charge in [-0.15, -0.1) is 0 Å². The Bertz CT molecular complexity index is 686. The third-order valence-electron chi connectivity index (χ3n) is 4.29. The predicted octanol–water partition coefficient (Wildman–Crippen LogP) is 3.31. The molecule has 2 aromatic rings. The van der Waals surface area contributed by atoms with Crippen LogP contribution >= 0.6 is 0 Å². The van der Waals surface area contributed by atoms with E-state index in [9.17, 15) is 13.6 Å². The Morgan fingerprint density at radius 1 is 0.833 bits per heavy atom. The molecule has 1 aliphatic heterocycles. The van der Waals surface area contributed by atoms with E-state index in [0.717, 1.165) is 31.6 Å². The lowest BCUT2D eigenvalue weighted by Crippen LogP contribution is -2.35. The summed E-state index contributed by atoms with van der Waals surface area (Å²) in [4.78, 5) is 16.6. The number of nitrogens with zero attached hydrogens (tertiary/aromatic N) is 2. The molecule has 0 N–H and O–H groups in total. The van der Waals surface area contributed by atoms with Crippen molar-refractivity contribution in [3.63, 3.8) is 0 Å². The molecule has 1 aliphatic rings. The first-order chi connectivity index (χ1) is 11.6. The van der Waals surface area contributed by atoms with Crippen LogP contribution in [0.3, 0.4) is 0 Å². The van der Waals surface area contributed by atoms with E-state index in [-0.39, 0.29) is 17.5 Å². The molecule has 0 unspecified atom stereocenters. The van der Waals surface area contributed by atoms with Crippen molar-refractivity contribution in [2.24, 2.45) is 0 Å². The first kappa shape index (κ1) is 16.6. The van der Waals surface area contributed by atoms with Gasteiger partial charge in [-0.1, -0.05) is 12.1 Å². The molecular weight excluding hydrogens is 310 g/mol. The van der Waals surface area contributed by atoms with Gasteiger partial charge < -0.3 is 4.90 Å². The zero-order valence-electron chi connectivity index (χ0n) is 13.4. The maximum absolute atomic E-state index is 13.0. The standard InChI is InChI=1S/C19H20F2N2O/c20-17-6-2-15(3-7-17)14-22-10-1-11-23(13-12-22)19(24)16-4-8-18(21)9-5-16/h2-9H,1,10-14H2. The van der Waals surface area contributed by atoms with Crippen LogP contribution < -0.4 is 0 Å². The van der Waals surface area contributed by atoms with E-state index in [1.54, 1.807) is 12.1 Å². The lowest BCUT2D eigenvalue weighted by atomic mass is 10.2. The van der Waals surface area contributed by atoms with E-state index in [0.29, 0.717) is 18.7 Å². The Labute approximate surface area is 140 Å². The number of hydrogen-bond acceptors (Lipinski definition) is 2. The van der Waals surface area contributed by atoms with Gasteiger partial charge in [-0.25, -0.2) is 8.78 Å². The maximum Gasteiger partial charge on any atom is 0.253 e. The fourth-order valence-corrected chi connectivity index (χ4v) is 2.96. The molecule has 0 aliphatic carbocycles. The second-order valence-corrected chi connectivity index (χ2v) is 6.06. The minimum atomic E-state index is -0.340. The van der Waals surface area contributed by atoms with Crippen LogP contribution in [0.1, 0.15) is 22.3 Å². The topological polar surface area (TPSA) is 23.6 Å². The first-order valence-corrected chi connectivity index (χ1v) is 8.13. The molecular formula is C19H20F2N2O. The summed E-state index contributed by atoms with van der Waals surface area (Å²) < 4.78 is 26.0. The van der Waals surface area contributed by atoms with Crippen LogP contribution in [0, 0.1) is 11.6 Å². The van der Waals surface area contributed by atoms with E-state index in [1.807, 2.05) is 4.90 Å². The lowest BCUT2D eigenvalue weighted by Gasteiger charge is -2.22. The molecule has 1 heterocycles. The predicted molar refractivity (Wildman–Crippen MR) is 88.6 cm³/mol. The van der Waals surface area contributed by atoms with E-state index >= 15 is 0 Å². The molecule has 0 radical (unpaired) electrons. The zero-order valence-corrected chi connectivity index (χ0v) is 13.4. The highest BCUT2D eigenvalue weighted by Crippen LogP contribution is 2.13. The Kier molecular flexibility index (Phi) is 5.20. The maximum atomic E-state index is 13.0. The average molecular weight is 330 g/mol. The minimum Gasteiger partial charge on any atom is -0.337 e. The molecule has 0 saturated carbocycles. The first-order valence-electron chi connectivity index (χ1n) is 8.13. The van der Waals surface area contributed by atoms with Gasteiger partial charge in [0.25, 0.3) is 5.91 Å². The van der Waals surface area contributed by atoms with Crippen LogP contribution in [0.2, 0.25) is 0 Å². The molecule has 1 fully saturated rings. The highest BCUT2D eigenvalue weighted by atomic mass is 19.1. The molecule has 0 spiro atoms. The molecule has 0 atom stereocenters. The third-order valence-corrected chi connectivity index (χ3v) is 4.29. The Balaban J connectivity index is 1.59. The molecule has 3 rings (SSSR count). The average Bonchev–Trinajstić information content (AvgIpc) is 2.83. The second kappa shape index (κ2) is 7.53. The van der Waals surface area contributed by atoms with Gasteiger partial charge in [-0.05, 0) is 48.4 Å². The highest BCUT2D eigenvalue weighted by Gasteiger charge is 2.20. The van der Waals surface area contributed by atoms with Crippen molar-refractivity contribution in [2.75, 3.05) is 26.2 Å². The minimum absolute atomic E-state index is 0.0568. The molecule has 3 nitrogen and oxygen atoms in total. The number of amides is 1. The molecule has 1 saturated heterocycles. The fraction of sp³-hybridized carbons (Fsp3) is 0.316.